The Hall–Kier alpha value is -7.30. The van der Waals surface area contributed by atoms with Crippen LogP contribution in [-0.4, -0.2) is 0 Å². The summed E-state index contributed by atoms with van der Waals surface area (Å²) in [5.74, 6) is 0. The lowest BCUT2D eigenvalue weighted by Gasteiger charge is -2.28. The van der Waals surface area contributed by atoms with Crippen LogP contribution in [-0.2, 0) is 21.7 Å². The van der Waals surface area contributed by atoms with Gasteiger partial charge in [-0.1, -0.05) is 144 Å². The van der Waals surface area contributed by atoms with Gasteiger partial charge in [0.15, 0.2) is 0 Å². The van der Waals surface area contributed by atoms with Gasteiger partial charge in [-0.15, -0.1) is 0 Å². The van der Waals surface area contributed by atoms with Crippen molar-refractivity contribution in [1.82, 2.24) is 0 Å². The molecule has 9 aromatic carbocycles. The quantitative estimate of drug-likeness (QED) is 0.166. The van der Waals surface area contributed by atoms with Gasteiger partial charge in [0, 0.05) is 61.7 Å². The molecular formula is C66H64N2O2. The van der Waals surface area contributed by atoms with Crippen LogP contribution in [0.2, 0.25) is 0 Å². The van der Waals surface area contributed by atoms with E-state index in [1.54, 1.807) is 0 Å². The van der Waals surface area contributed by atoms with Gasteiger partial charge in [0.2, 0.25) is 0 Å². The predicted octanol–water partition coefficient (Wildman–Crippen LogP) is 19.9. The normalized spacial score (nSPS) is 12.9. The second-order valence-electron chi connectivity index (χ2n) is 23.7. The molecule has 350 valence electrons. The SMILES string of the molecule is CC(C)(C)c1ccc(N(c2ccc(C(C)(C)C)cc2)c2ccc3cc4c(cc3c2)oc2cc3oc5cc6cc(N(c7ccc(C(C)(C)C)cc7)c7ccc(C(C)(C)C)cc7)ccc6cc5c3cc24)cc1. The largest absolute Gasteiger partial charge is 0.456 e. The zero-order valence-electron chi connectivity index (χ0n) is 42.9. The minimum atomic E-state index is 0.0666. The third-order valence-electron chi connectivity index (χ3n) is 14.4. The highest BCUT2D eigenvalue weighted by atomic mass is 16.3. The number of nitrogens with zero attached hydrogens (tertiary/aromatic N) is 2. The minimum absolute atomic E-state index is 0.0666. The molecule has 4 heteroatoms. The van der Waals surface area contributed by atoms with E-state index in [9.17, 15) is 0 Å². The van der Waals surface area contributed by atoms with Crippen molar-refractivity contribution < 1.29 is 8.83 Å². The molecule has 0 aliphatic carbocycles. The third-order valence-corrected chi connectivity index (χ3v) is 14.4. The summed E-state index contributed by atoms with van der Waals surface area (Å²) < 4.78 is 13.4. The second kappa shape index (κ2) is 16.1. The molecule has 0 fully saturated rings. The van der Waals surface area contributed by atoms with E-state index < -0.39 is 0 Å². The van der Waals surface area contributed by atoms with E-state index in [0.29, 0.717) is 0 Å². The molecule has 0 saturated heterocycles. The summed E-state index contributed by atoms with van der Waals surface area (Å²) in [4.78, 5) is 4.72. The van der Waals surface area contributed by atoms with Gasteiger partial charge >= 0.3 is 0 Å². The van der Waals surface area contributed by atoms with E-state index in [2.05, 4.69) is 263 Å². The molecule has 0 amide bonds. The maximum atomic E-state index is 6.70. The number of hydrogen-bond acceptors (Lipinski definition) is 4. The smallest absolute Gasteiger partial charge is 0.139 e. The molecule has 4 nitrogen and oxygen atoms in total. The predicted molar refractivity (Wildman–Crippen MR) is 300 cm³/mol. The summed E-state index contributed by atoms with van der Waals surface area (Å²) in [7, 11) is 0. The molecule has 0 bridgehead atoms. The highest BCUT2D eigenvalue weighted by Gasteiger charge is 2.23. The first-order chi connectivity index (χ1) is 33.2. The highest BCUT2D eigenvalue weighted by Crippen LogP contribution is 2.44. The second-order valence-corrected chi connectivity index (χ2v) is 23.7. The first-order valence-electron chi connectivity index (χ1n) is 24.9. The average Bonchev–Trinajstić information content (AvgIpc) is 3.84. The molecule has 0 unspecified atom stereocenters. The van der Waals surface area contributed by atoms with Crippen LogP contribution in [0.25, 0.3) is 65.4 Å². The van der Waals surface area contributed by atoms with E-state index >= 15 is 0 Å². The van der Waals surface area contributed by atoms with Crippen LogP contribution in [0.5, 0.6) is 0 Å². The highest BCUT2D eigenvalue weighted by molar-refractivity contribution is 6.18. The van der Waals surface area contributed by atoms with Crippen molar-refractivity contribution in [3.8, 4) is 0 Å². The summed E-state index contributed by atoms with van der Waals surface area (Å²) in [6, 6.07) is 63.0. The van der Waals surface area contributed by atoms with E-state index in [0.717, 1.165) is 99.5 Å². The lowest BCUT2D eigenvalue weighted by atomic mass is 9.86. The van der Waals surface area contributed by atoms with Gasteiger partial charge in [-0.25, -0.2) is 0 Å². The molecule has 2 heterocycles. The Labute approximate surface area is 413 Å². The van der Waals surface area contributed by atoms with Gasteiger partial charge in [0.05, 0.1) is 0 Å². The zero-order chi connectivity index (χ0) is 49.1. The first-order valence-corrected chi connectivity index (χ1v) is 24.9. The number of fused-ring (bicyclic) bond motifs is 8. The van der Waals surface area contributed by atoms with E-state index in [1.165, 1.54) is 22.3 Å². The van der Waals surface area contributed by atoms with Crippen LogP contribution in [0.15, 0.2) is 179 Å². The van der Waals surface area contributed by atoms with Crippen LogP contribution in [0.1, 0.15) is 105 Å². The fourth-order valence-corrected chi connectivity index (χ4v) is 10.1. The van der Waals surface area contributed by atoms with Gasteiger partial charge < -0.3 is 18.6 Å². The standard InChI is InChI=1S/C66H64N2O2/c1-63(2,3)45-15-25-49(26-16-45)67(50-27-17-46(18-28-50)64(4,5)6)53-23-13-41-35-55-57-39-58-56-36-42-14-24-54(34-44(42)38-60(56)70-62(58)40-61(57)69-59(55)37-43(41)33-53)68(51-29-19-47(20-30-51)65(7,8)9)52-31-21-48(22-32-52)66(10,11)12/h13-40H,1-12H3. The van der Waals surface area contributed by atoms with Crippen molar-refractivity contribution in [3.05, 3.63) is 192 Å². The van der Waals surface area contributed by atoms with E-state index in [4.69, 9.17) is 8.83 Å². The van der Waals surface area contributed by atoms with Crippen LogP contribution < -0.4 is 9.80 Å². The molecular weight excluding hydrogens is 853 g/mol. The first kappa shape index (κ1) is 45.2. The minimum Gasteiger partial charge on any atom is -0.456 e. The van der Waals surface area contributed by atoms with Crippen molar-refractivity contribution in [2.75, 3.05) is 9.80 Å². The van der Waals surface area contributed by atoms with Crippen molar-refractivity contribution >= 4 is 99.5 Å². The van der Waals surface area contributed by atoms with Crippen LogP contribution in [0, 0.1) is 0 Å². The monoisotopic (exact) mass is 916 g/mol. The Bertz CT molecular complexity index is 3400. The van der Waals surface area contributed by atoms with Gasteiger partial charge in [0.25, 0.3) is 0 Å². The molecule has 70 heavy (non-hydrogen) atoms. The molecule has 2 aromatic heterocycles. The lowest BCUT2D eigenvalue weighted by molar-refractivity contribution is 0.590. The summed E-state index contributed by atoms with van der Waals surface area (Å²) in [5.41, 5.74) is 15.5. The Morgan fingerprint density at radius 2 is 0.500 bits per heavy atom. The molecule has 0 saturated carbocycles. The molecule has 11 rings (SSSR count). The number of anilines is 6. The molecule has 0 radical (unpaired) electrons. The van der Waals surface area contributed by atoms with Crippen molar-refractivity contribution in [2.24, 2.45) is 0 Å². The fraction of sp³-hybridized carbons (Fsp3) is 0.242. The van der Waals surface area contributed by atoms with Crippen molar-refractivity contribution in [2.45, 2.75) is 105 Å². The topological polar surface area (TPSA) is 32.8 Å². The van der Waals surface area contributed by atoms with Crippen LogP contribution in [0.3, 0.4) is 0 Å². The number of hydrogen-bond donors (Lipinski definition) is 0. The molecule has 0 aliphatic rings. The molecule has 0 atom stereocenters. The molecule has 0 spiro atoms. The molecule has 0 N–H and O–H groups in total. The maximum Gasteiger partial charge on any atom is 0.139 e. The molecule has 0 aliphatic heterocycles. The third kappa shape index (κ3) is 8.17. The van der Waals surface area contributed by atoms with Gasteiger partial charge in [-0.05, 0) is 169 Å². The number of rotatable bonds is 6. The van der Waals surface area contributed by atoms with Crippen molar-refractivity contribution in [3.63, 3.8) is 0 Å². The maximum absolute atomic E-state index is 6.70. The summed E-state index contributed by atoms with van der Waals surface area (Å²) in [5, 5.41) is 8.91. The van der Waals surface area contributed by atoms with Crippen LogP contribution >= 0.6 is 0 Å². The summed E-state index contributed by atoms with van der Waals surface area (Å²) in [6.45, 7) is 27.2. The fourth-order valence-electron chi connectivity index (χ4n) is 10.1. The van der Waals surface area contributed by atoms with Gasteiger partial charge in [-0.2, -0.15) is 0 Å². The number of benzene rings is 9. The van der Waals surface area contributed by atoms with Crippen LogP contribution in [0.4, 0.5) is 34.1 Å². The summed E-state index contributed by atoms with van der Waals surface area (Å²) in [6.07, 6.45) is 0. The van der Waals surface area contributed by atoms with E-state index in [-0.39, 0.29) is 21.7 Å². The van der Waals surface area contributed by atoms with Gasteiger partial charge in [0.1, 0.15) is 22.3 Å². The average molecular weight is 917 g/mol. The molecule has 11 aromatic rings. The van der Waals surface area contributed by atoms with Crippen molar-refractivity contribution in [1.29, 1.82) is 0 Å². The lowest BCUT2D eigenvalue weighted by Crippen LogP contribution is -2.14. The Morgan fingerprint density at radius 3 is 0.786 bits per heavy atom. The van der Waals surface area contributed by atoms with Gasteiger partial charge in [-0.3, -0.25) is 0 Å². The Balaban J connectivity index is 0.972. The Morgan fingerprint density at radius 1 is 0.243 bits per heavy atom. The van der Waals surface area contributed by atoms with E-state index in [1.807, 2.05) is 0 Å². The number of furan rings is 2. The Kier molecular flexibility index (Phi) is 10.4. The summed E-state index contributed by atoms with van der Waals surface area (Å²) >= 11 is 0. The zero-order valence-corrected chi connectivity index (χ0v) is 42.9.